The topological polar surface area (TPSA) is 60.4 Å². The number of benzene rings is 2. The fraction of sp³-hybridized carbons (Fsp3) is 0.188. The fourth-order valence-electron chi connectivity index (χ4n) is 1.98. The third-order valence-electron chi connectivity index (χ3n) is 3.12. The second-order valence-corrected chi connectivity index (χ2v) is 6.88. The van der Waals surface area contributed by atoms with Gasteiger partial charge >= 0.3 is 0 Å². The molecule has 4 nitrogen and oxygen atoms in total. The van der Waals surface area contributed by atoms with Crippen molar-refractivity contribution in [2.75, 3.05) is 12.9 Å². The summed E-state index contributed by atoms with van der Waals surface area (Å²) in [6.45, 7) is -0.808. The van der Waals surface area contributed by atoms with E-state index in [9.17, 15) is 22.0 Å². The molecular formula is C16H14F2O4S. The zero-order valence-corrected chi connectivity index (χ0v) is 13.0. The van der Waals surface area contributed by atoms with Crippen LogP contribution in [0.2, 0.25) is 0 Å². The number of carbonyl (C=O) groups is 1. The van der Waals surface area contributed by atoms with E-state index in [0.29, 0.717) is 17.4 Å². The number of carbonyl (C=O) groups excluding carboxylic acids is 1. The number of aldehydes is 1. The molecule has 2 aromatic carbocycles. The van der Waals surface area contributed by atoms with Gasteiger partial charge in [0.15, 0.2) is 16.1 Å². The summed E-state index contributed by atoms with van der Waals surface area (Å²) < 4.78 is 52.4. The van der Waals surface area contributed by atoms with Crippen LogP contribution in [0.15, 0.2) is 47.4 Å². The largest absolute Gasteiger partial charge is 0.487 e. The maximum absolute atomic E-state index is 12.3. The average molecular weight is 340 g/mol. The van der Waals surface area contributed by atoms with Crippen LogP contribution < -0.4 is 4.74 Å². The molecule has 23 heavy (non-hydrogen) atoms. The maximum atomic E-state index is 12.3. The van der Waals surface area contributed by atoms with Crippen molar-refractivity contribution in [3.05, 3.63) is 48.0 Å². The van der Waals surface area contributed by atoms with E-state index in [4.69, 9.17) is 4.74 Å². The Morgan fingerprint density at radius 1 is 1.09 bits per heavy atom. The van der Waals surface area contributed by atoms with Crippen molar-refractivity contribution in [2.24, 2.45) is 0 Å². The zero-order valence-electron chi connectivity index (χ0n) is 12.2. The minimum Gasteiger partial charge on any atom is -0.487 e. The van der Waals surface area contributed by atoms with Crippen molar-refractivity contribution in [1.29, 1.82) is 0 Å². The van der Waals surface area contributed by atoms with Crippen LogP contribution in [0.5, 0.6) is 5.75 Å². The van der Waals surface area contributed by atoms with E-state index in [1.807, 2.05) is 0 Å². The smallest absolute Gasteiger partial charge is 0.272 e. The number of rotatable bonds is 6. The predicted molar refractivity (Wildman–Crippen MR) is 81.9 cm³/mol. The lowest BCUT2D eigenvalue weighted by Crippen LogP contribution is -2.08. The summed E-state index contributed by atoms with van der Waals surface area (Å²) in [6.07, 6.45) is -1.01. The molecule has 0 N–H and O–H groups in total. The molecule has 0 spiro atoms. The molecule has 122 valence electrons. The van der Waals surface area contributed by atoms with E-state index in [2.05, 4.69) is 0 Å². The first-order chi connectivity index (χ1) is 10.8. The van der Waals surface area contributed by atoms with Gasteiger partial charge in [0.2, 0.25) is 0 Å². The standard InChI is InChI=1S/C16H14F2O4S/c1-23(20,21)14-6-4-11(5-7-14)12-2-3-13(9-19)15(8-12)22-10-16(17)18/h2-9,16H,10H2,1H3. The SMILES string of the molecule is CS(=O)(=O)c1ccc(-c2ccc(C=O)c(OCC(F)F)c2)cc1. The van der Waals surface area contributed by atoms with E-state index in [-0.39, 0.29) is 16.2 Å². The van der Waals surface area contributed by atoms with Gasteiger partial charge in [0, 0.05) is 6.26 Å². The Hall–Kier alpha value is -2.28. The van der Waals surface area contributed by atoms with E-state index < -0.39 is 22.9 Å². The second kappa shape index (κ2) is 6.87. The molecule has 0 bridgehead atoms. The van der Waals surface area contributed by atoms with Crippen molar-refractivity contribution < 1.29 is 26.7 Å². The molecule has 0 radical (unpaired) electrons. The highest BCUT2D eigenvalue weighted by atomic mass is 32.2. The lowest BCUT2D eigenvalue weighted by Gasteiger charge is -2.10. The van der Waals surface area contributed by atoms with Gasteiger partial charge in [-0.15, -0.1) is 0 Å². The highest BCUT2D eigenvalue weighted by Crippen LogP contribution is 2.28. The second-order valence-electron chi connectivity index (χ2n) is 4.87. The molecule has 0 aliphatic rings. The van der Waals surface area contributed by atoms with Crippen LogP contribution in [0.4, 0.5) is 8.78 Å². The lowest BCUT2D eigenvalue weighted by molar-refractivity contribution is 0.0809. The van der Waals surface area contributed by atoms with Crippen LogP contribution >= 0.6 is 0 Å². The summed E-state index contributed by atoms with van der Waals surface area (Å²) in [5.74, 6) is 0.0602. The van der Waals surface area contributed by atoms with Gasteiger partial charge in [-0.2, -0.15) is 0 Å². The Labute approximate surface area is 132 Å². The van der Waals surface area contributed by atoms with Crippen LogP contribution in [0.1, 0.15) is 10.4 Å². The fourth-order valence-corrected chi connectivity index (χ4v) is 2.61. The van der Waals surface area contributed by atoms with Crippen molar-refractivity contribution >= 4 is 16.1 Å². The zero-order chi connectivity index (χ0) is 17.0. The first-order valence-corrected chi connectivity index (χ1v) is 8.51. The number of hydrogen-bond acceptors (Lipinski definition) is 4. The first-order valence-electron chi connectivity index (χ1n) is 6.62. The van der Waals surface area contributed by atoms with Crippen molar-refractivity contribution in [1.82, 2.24) is 0 Å². The summed E-state index contributed by atoms with van der Waals surface area (Å²) in [5.41, 5.74) is 1.47. The molecule has 0 atom stereocenters. The van der Waals surface area contributed by atoms with Gasteiger partial charge in [-0.3, -0.25) is 4.79 Å². The molecular weight excluding hydrogens is 326 g/mol. The number of halogens is 2. The molecule has 0 saturated carbocycles. The summed E-state index contributed by atoms with van der Waals surface area (Å²) in [4.78, 5) is 11.1. The number of hydrogen-bond donors (Lipinski definition) is 0. The third-order valence-corrected chi connectivity index (χ3v) is 4.25. The lowest BCUT2D eigenvalue weighted by atomic mass is 10.0. The average Bonchev–Trinajstić information content (AvgIpc) is 2.52. The highest BCUT2D eigenvalue weighted by molar-refractivity contribution is 7.90. The Bertz CT molecular complexity index is 799. The molecule has 0 fully saturated rings. The number of ether oxygens (including phenoxy) is 1. The minimum absolute atomic E-state index is 0.0602. The predicted octanol–water partition coefficient (Wildman–Crippen LogP) is 3.21. The van der Waals surface area contributed by atoms with Gasteiger partial charge in [-0.05, 0) is 35.4 Å². The van der Waals surface area contributed by atoms with Crippen molar-refractivity contribution in [3.63, 3.8) is 0 Å². The summed E-state index contributed by atoms with van der Waals surface area (Å²) in [6, 6.07) is 10.7. The Balaban J connectivity index is 2.36. The molecule has 0 heterocycles. The van der Waals surface area contributed by atoms with E-state index >= 15 is 0 Å². The molecule has 0 aromatic heterocycles. The third kappa shape index (κ3) is 4.35. The summed E-state index contributed by atoms with van der Waals surface area (Å²) in [7, 11) is -3.29. The molecule has 0 amide bonds. The summed E-state index contributed by atoms with van der Waals surface area (Å²) >= 11 is 0. The minimum atomic E-state index is -3.29. The molecule has 0 aliphatic carbocycles. The van der Waals surface area contributed by atoms with E-state index in [1.165, 1.54) is 24.3 Å². The summed E-state index contributed by atoms with van der Waals surface area (Å²) in [5, 5.41) is 0. The van der Waals surface area contributed by atoms with Crippen LogP contribution in [0.3, 0.4) is 0 Å². The molecule has 0 aliphatic heterocycles. The molecule has 2 rings (SSSR count). The Morgan fingerprint density at radius 2 is 1.70 bits per heavy atom. The Kier molecular flexibility index (Phi) is 5.10. The first kappa shape index (κ1) is 17.1. The molecule has 2 aromatic rings. The van der Waals surface area contributed by atoms with Crippen molar-refractivity contribution in [3.8, 4) is 16.9 Å². The van der Waals surface area contributed by atoms with Gasteiger partial charge in [0.25, 0.3) is 6.43 Å². The molecule has 0 unspecified atom stereocenters. The van der Waals surface area contributed by atoms with Gasteiger partial charge in [0.05, 0.1) is 10.5 Å². The normalized spacial score (nSPS) is 11.5. The van der Waals surface area contributed by atoms with E-state index in [1.54, 1.807) is 18.2 Å². The van der Waals surface area contributed by atoms with Gasteiger partial charge in [-0.25, -0.2) is 17.2 Å². The quantitative estimate of drug-likeness (QED) is 0.758. The van der Waals surface area contributed by atoms with Crippen LogP contribution in [-0.4, -0.2) is 34.0 Å². The van der Waals surface area contributed by atoms with Crippen LogP contribution in [0.25, 0.3) is 11.1 Å². The highest BCUT2D eigenvalue weighted by Gasteiger charge is 2.11. The number of sulfone groups is 1. The van der Waals surface area contributed by atoms with Gasteiger partial charge < -0.3 is 4.74 Å². The van der Waals surface area contributed by atoms with Gasteiger partial charge in [0.1, 0.15) is 12.4 Å². The monoisotopic (exact) mass is 340 g/mol. The molecule has 7 heteroatoms. The maximum Gasteiger partial charge on any atom is 0.272 e. The Morgan fingerprint density at radius 3 is 2.22 bits per heavy atom. The van der Waals surface area contributed by atoms with Crippen molar-refractivity contribution in [2.45, 2.75) is 11.3 Å². The van der Waals surface area contributed by atoms with Gasteiger partial charge in [-0.1, -0.05) is 18.2 Å². The van der Waals surface area contributed by atoms with Crippen LogP contribution in [-0.2, 0) is 9.84 Å². The van der Waals surface area contributed by atoms with E-state index in [0.717, 1.165) is 6.26 Å². The number of alkyl halides is 2. The van der Waals surface area contributed by atoms with Crippen LogP contribution in [0, 0.1) is 0 Å². The molecule has 0 saturated heterocycles.